The summed E-state index contributed by atoms with van der Waals surface area (Å²) in [5.74, 6) is 8.17. The minimum atomic E-state index is -0.0982. The first kappa shape index (κ1) is 18.8. The average Bonchev–Trinajstić information content (AvgIpc) is 3.25. The lowest BCUT2D eigenvalue weighted by Crippen LogP contribution is -2.27. The first-order valence-corrected chi connectivity index (χ1v) is 9.35. The molecule has 1 amide bonds. The van der Waals surface area contributed by atoms with Crippen molar-refractivity contribution >= 4 is 17.7 Å². The van der Waals surface area contributed by atoms with Gasteiger partial charge in [-0.3, -0.25) is 4.79 Å². The summed E-state index contributed by atoms with van der Waals surface area (Å²) in [7, 11) is 1.64. The molecule has 0 saturated carbocycles. The van der Waals surface area contributed by atoms with Gasteiger partial charge in [-0.2, -0.15) is 0 Å². The largest absolute Gasteiger partial charge is 0.496 e. The number of carbonyl (C=O) groups is 1. The third kappa shape index (κ3) is 4.43. The molecular weight excluding hydrogens is 366 g/mol. The topological polar surface area (TPSA) is 108 Å². The van der Waals surface area contributed by atoms with Crippen LogP contribution in [0.5, 0.6) is 5.75 Å². The predicted molar refractivity (Wildman–Crippen MR) is 103 cm³/mol. The number of carbonyl (C=O) groups excluding carboxylic acids is 1. The summed E-state index contributed by atoms with van der Waals surface area (Å²) < 4.78 is 11.9. The quantitative estimate of drug-likeness (QED) is 0.450. The molecule has 2 heterocycles. The molecule has 0 atom stereocenters. The molecule has 0 radical (unpaired) electrons. The predicted octanol–water partition coefficient (Wildman–Crippen LogP) is 2.02. The first-order chi connectivity index (χ1) is 13.1. The second kappa shape index (κ2) is 8.63. The third-order valence-electron chi connectivity index (χ3n) is 4.01. The number of thioether (sulfide) groups is 1. The normalized spacial score (nSPS) is 10.7. The van der Waals surface area contributed by atoms with Crippen LogP contribution in [-0.2, 0) is 11.2 Å². The van der Waals surface area contributed by atoms with E-state index in [2.05, 4.69) is 15.5 Å². The Labute approximate surface area is 161 Å². The lowest BCUT2D eigenvalue weighted by atomic mass is 10.1. The summed E-state index contributed by atoms with van der Waals surface area (Å²) in [6, 6.07) is 9.53. The average molecular weight is 387 g/mol. The van der Waals surface area contributed by atoms with Gasteiger partial charge in [0.1, 0.15) is 11.5 Å². The molecule has 0 aliphatic carbocycles. The number of methoxy groups -OCH3 is 1. The zero-order valence-corrected chi connectivity index (χ0v) is 16.0. The fourth-order valence-electron chi connectivity index (χ4n) is 2.60. The van der Waals surface area contributed by atoms with Crippen molar-refractivity contribution < 1.29 is 13.9 Å². The number of furan rings is 1. The Bertz CT molecular complexity index is 921. The summed E-state index contributed by atoms with van der Waals surface area (Å²) in [5.41, 5.74) is 1.83. The van der Waals surface area contributed by atoms with Crippen molar-refractivity contribution in [2.75, 3.05) is 25.3 Å². The number of rotatable bonds is 8. The van der Waals surface area contributed by atoms with E-state index in [1.54, 1.807) is 19.4 Å². The van der Waals surface area contributed by atoms with E-state index in [0.29, 0.717) is 29.7 Å². The lowest BCUT2D eigenvalue weighted by molar-refractivity contribution is -0.118. The summed E-state index contributed by atoms with van der Waals surface area (Å²) in [6.45, 7) is 2.35. The fourth-order valence-corrected chi connectivity index (χ4v) is 3.29. The van der Waals surface area contributed by atoms with E-state index < -0.39 is 0 Å². The fraction of sp³-hybridized carbons (Fsp3) is 0.278. The molecular formula is C18H21N5O3S. The Morgan fingerprint density at radius 2 is 2.15 bits per heavy atom. The van der Waals surface area contributed by atoms with Crippen molar-refractivity contribution in [3.63, 3.8) is 0 Å². The van der Waals surface area contributed by atoms with E-state index in [-0.39, 0.29) is 11.7 Å². The second-order valence-corrected chi connectivity index (χ2v) is 6.71. The Hall–Kier alpha value is -2.94. The van der Waals surface area contributed by atoms with Gasteiger partial charge in [0.2, 0.25) is 11.1 Å². The van der Waals surface area contributed by atoms with Crippen LogP contribution < -0.4 is 15.9 Å². The number of nitrogens with zero attached hydrogens (tertiary/aromatic N) is 3. The first-order valence-electron chi connectivity index (χ1n) is 8.36. The molecule has 8 nitrogen and oxygen atoms in total. The van der Waals surface area contributed by atoms with E-state index in [1.807, 2.05) is 31.2 Å². The molecule has 0 aliphatic heterocycles. The molecule has 9 heteroatoms. The van der Waals surface area contributed by atoms with Crippen LogP contribution in [0.1, 0.15) is 11.3 Å². The van der Waals surface area contributed by atoms with Gasteiger partial charge < -0.3 is 20.3 Å². The summed E-state index contributed by atoms with van der Waals surface area (Å²) in [6.07, 6.45) is 2.26. The lowest BCUT2D eigenvalue weighted by Gasteiger charge is -2.09. The van der Waals surface area contributed by atoms with E-state index in [4.69, 9.17) is 15.0 Å². The number of amides is 1. The summed E-state index contributed by atoms with van der Waals surface area (Å²) in [4.78, 5) is 12.1. The van der Waals surface area contributed by atoms with Crippen LogP contribution in [0.3, 0.4) is 0 Å². The summed E-state index contributed by atoms with van der Waals surface area (Å²) >= 11 is 1.23. The second-order valence-electron chi connectivity index (χ2n) is 5.77. The number of nitrogen functional groups attached to an aromatic ring is 1. The number of aryl methyl sites for hydroxylation is 1. The van der Waals surface area contributed by atoms with Gasteiger partial charge in [-0.05, 0) is 31.0 Å². The SMILES string of the molecule is COc1ccccc1CCNC(=O)CSc1nnc(-c2ccoc2C)n1N. The molecule has 3 N–H and O–H groups in total. The molecule has 0 bridgehead atoms. The van der Waals surface area contributed by atoms with Crippen LogP contribution in [0.25, 0.3) is 11.4 Å². The van der Waals surface area contributed by atoms with Crippen molar-refractivity contribution in [2.45, 2.75) is 18.5 Å². The molecule has 0 unspecified atom stereocenters. The van der Waals surface area contributed by atoms with Gasteiger partial charge in [0.15, 0.2) is 5.82 Å². The molecule has 3 rings (SSSR count). The van der Waals surface area contributed by atoms with Gasteiger partial charge in [-0.25, -0.2) is 4.68 Å². The number of nitrogens with two attached hydrogens (primary N) is 1. The van der Waals surface area contributed by atoms with Crippen molar-refractivity contribution in [3.8, 4) is 17.1 Å². The van der Waals surface area contributed by atoms with Gasteiger partial charge in [-0.1, -0.05) is 30.0 Å². The molecule has 3 aromatic rings. The van der Waals surface area contributed by atoms with Crippen LogP contribution >= 0.6 is 11.8 Å². The Morgan fingerprint density at radius 1 is 1.33 bits per heavy atom. The highest BCUT2D eigenvalue weighted by atomic mass is 32.2. The number of hydrogen-bond donors (Lipinski definition) is 2. The monoisotopic (exact) mass is 387 g/mol. The number of aromatic nitrogens is 3. The molecule has 1 aromatic carbocycles. The van der Waals surface area contributed by atoms with Crippen LogP contribution in [0.4, 0.5) is 0 Å². The van der Waals surface area contributed by atoms with E-state index in [9.17, 15) is 4.79 Å². The zero-order valence-electron chi connectivity index (χ0n) is 15.1. The molecule has 27 heavy (non-hydrogen) atoms. The number of hydrogen-bond acceptors (Lipinski definition) is 7. The Balaban J connectivity index is 1.50. The highest BCUT2D eigenvalue weighted by molar-refractivity contribution is 7.99. The smallest absolute Gasteiger partial charge is 0.230 e. The number of nitrogens with one attached hydrogen (secondary N) is 1. The van der Waals surface area contributed by atoms with Crippen molar-refractivity contribution in [1.82, 2.24) is 20.2 Å². The van der Waals surface area contributed by atoms with Crippen LogP contribution in [-0.4, -0.2) is 40.2 Å². The highest BCUT2D eigenvalue weighted by Crippen LogP contribution is 2.24. The molecule has 142 valence electrons. The maximum absolute atomic E-state index is 12.1. The molecule has 2 aromatic heterocycles. The van der Waals surface area contributed by atoms with E-state index >= 15 is 0 Å². The van der Waals surface area contributed by atoms with Crippen molar-refractivity contribution in [3.05, 3.63) is 47.9 Å². The highest BCUT2D eigenvalue weighted by Gasteiger charge is 2.16. The van der Waals surface area contributed by atoms with Gasteiger partial charge >= 0.3 is 0 Å². The van der Waals surface area contributed by atoms with Crippen molar-refractivity contribution in [2.24, 2.45) is 0 Å². The maximum atomic E-state index is 12.1. The molecule has 0 saturated heterocycles. The van der Waals surface area contributed by atoms with Crippen molar-refractivity contribution in [1.29, 1.82) is 0 Å². The number of para-hydroxylation sites is 1. The van der Waals surface area contributed by atoms with Gasteiger partial charge in [0.05, 0.1) is 24.7 Å². The molecule has 0 aliphatic rings. The molecule has 0 fully saturated rings. The van der Waals surface area contributed by atoms with Crippen LogP contribution in [0.15, 0.2) is 46.2 Å². The number of benzene rings is 1. The summed E-state index contributed by atoms with van der Waals surface area (Å²) in [5, 5.41) is 11.5. The Kier molecular flexibility index (Phi) is 6.02. The minimum Gasteiger partial charge on any atom is -0.496 e. The number of ether oxygens (including phenoxy) is 1. The van der Waals surface area contributed by atoms with Gasteiger partial charge in [0.25, 0.3) is 0 Å². The van der Waals surface area contributed by atoms with E-state index in [1.165, 1.54) is 16.4 Å². The van der Waals surface area contributed by atoms with Crippen LogP contribution in [0, 0.1) is 6.92 Å². The Morgan fingerprint density at radius 3 is 2.89 bits per heavy atom. The maximum Gasteiger partial charge on any atom is 0.230 e. The minimum absolute atomic E-state index is 0.0982. The van der Waals surface area contributed by atoms with Crippen LogP contribution in [0.2, 0.25) is 0 Å². The third-order valence-corrected chi connectivity index (χ3v) is 4.95. The molecule has 0 spiro atoms. The standard InChI is InChI=1S/C18H21N5O3S/c1-12-14(8-10-26-12)17-21-22-18(23(17)19)27-11-16(24)20-9-7-13-5-3-4-6-15(13)25-2/h3-6,8,10H,7,9,11,19H2,1-2H3,(H,20,24). The van der Waals surface area contributed by atoms with E-state index in [0.717, 1.165) is 16.9 Å². The van der Waals surface area contributed by atoms with Gasteiger partial charge in [0, 0.05) is 6.54 Å². The zero-order chi connectivity index (χ0) is 19.2. The van der Waals surface area contributed by atoms with Gasteiger partial charge in [-0.15, -0.1) is 10.2 Å².